The molecule has 0 aromatic heterocycles. The van der Waals surface area contributed by atoms with Gasteiger partial charge < -0.3 is 39.8 Å². The van der Waals surface area contributed by atoms with Gasteiger partial charge in [-0.25, -0.2) is 0 Å². The predicted molar refractivity (Wildman–Crippen MR) is 84.8 cm³/mol. The van der Waals surface area contributed by atoms with Crippen LogP contribution in [0.25, 0.3) is 0 Å². The molecule has 0 heterocycles. The smallest absolute Gasteiger partial charge is 1.00 e. The molecule has 0 aliphatic carbocycles. The van der Waals surface area contributed by atoms with Crippen molar-refractivity contribution in [2.75, 3.05) is 0 Å². The largest absolute Gasteiger partial charge is 2.00 e. The molecule has 110 valence electrons. The van der Waals surface area contributed by atoms with Crippen LogP contribution >= 0.6 is 0 Å². The zero-order chi connectivity index (χ0) is 13.6. The standard InChI is InChI=1S/C15H25O2Si.HI.Mg/c1-6-12-18(16-13(2)3,17-14(4)5)15-10-8-7-9-11-15;;/h7-11,13-14H,1,6,12H2,2-5H3;1H;/q-1;;+2/p-1. The third-order valence-electron chi connectivity index (χ3n) is 2.57. The number of rotatable bonds is 7. The summed E-state index contributed by atoms with van der Waals surface area (Å²) in [6.07, 6.45) is 1.17. The molecule has 0 amide bonds. The van der Waals surface area contributed by atoms with E-state index in [0.29, 0.717) is 0 Å². The average Bonchev–Trinajstić information content (AvgIpc) is 2.28. The molecule has 0 saturated carbocycles. The van der Waals surface area contributed by atoms with Gasteiger partial charge in [-0.05, 0) is 38.9 Å². The van der Waals surface area contributed by atoms with E-state index >= 15 is 0 Å². The molecule has 1 aromatic rings. The number of halogens is 1. The molecule has 2 nitrogen and oxygen atoms in total. The van der Waals surface area contributed by atoms with Crippen LogP contribution in [-0.4, -0.2) is 43.8 Å². The number of hydrogen-bond acceptors (Lipinski definition) is 2. The Balaban J connectivity index is 0. The van der Waals surface area contributed by atoms with Crippen molar-refractivity contribution in [1.82, 2.24) is 0 Å². The van der Waals surface area contributed by atoms with Gasteiger partial charge in [-0.1, -0.05) is 30.3 Å². The molecule has 0 saturated heterocycles. The summed E-state index contributed by atoms with van der Waals surface area (Å²) in [5.41, 5.74) is 0. The van der Waals surface area contributed by atoms with E-state index in [9.17, 15) is 0 Å². The molecule has 0 atom stereocenters. The molecule has 1 rings (SSSR count). The summed E-state index contributed by atoms with van der Waals surface area (Å²) in [7, 11) is -2.36. The van der Waals surface area contributed by atoms with Gasteiger partial charge in [0.25, 0.3) is 0 Å². The summed E-state index contributed by atoms with van der Waals surface area (Å²) in [5.74, 6) is 0. The summed E-state index contributed by atoms with van der Waals surface area (Å²) in [4.78, 5) is 0. The minimum absolute atomic E-state index is 0. The second-order valence-corrected chi connectivity index (χ2v) is 8.11. The van der Waals surface area contributed by atoms with Crippen LogP contribution in [-0.2, 0) is 8.85 Å². The predicted octanol–water partition coefficient (Wildman–Crippen LogP) is 0.0332. The molecular formula is C15H25IMgO2Si. The Hall–Kier alpha value is 0.853. The fourth-order valence-electron chi connectivity index (χ4n) is 2.11. The zero-order valence-electron chi connectivity index (χ0n) is 13.1. The van der Waals surface area contributed by atoms with E-state index in [2.05, 4.69) is 46.8 Å². The van der Waals surface area contributed by atoms with Gasteiger partial charge in [0.05, 0.1) is 0 Å². The van der Waals surface area contributed by atoms with Crippen molar-refractivity contribution in [2.24, 2.45) is 0 Å². The molecule has 0 aliphatic rings. The fourth-order valence-corrected chi connectivity index (χ4v) is 5.65. The average molecular weight is 417 g/mol. The van der Waals surface area contributed by atoms with Gasteiger partial charge in [-0.3, -0.25) is 0 Å². The Morgan fingerprint density at radius 2 is 1.45 bits per heavy atom. The minimum Gasteiger partial charge on any atom is -1.00 e. The molecular weight excluding hydrogens is 391 g/mol. The summed E-state index contributed by atoms with van der Waals surface area (Å²) >= 11 is 0. The van der Waals surface area contributed by atoms with Gasteiger partial charge in [0.15, 0.2) is 0 Å². The SMILES string of the molecule is [CH2-]CC[Si](OC(C)C)(OC(C)C)c1ccccc1.[I-].[Mg+2]. The molecule has 0 N–H and O–H groups in total. The molecule has 0 aliphatic heterocycles. The van der Waals surface area contributed by atoms with Gasteiger partial charge in [-0.2, -0.15) is 6.42 Å². The fraction of sp³-hybridized carbons (Fsp3) is 0.533. The van der Waals surface area contributed by atoms with Gasteiger partial charge in [0, 0.05) is 12.2 Å². The van der Waals surface area contributed by atoms with E-state index in [-0.39, 0.29) is 59.2 Å². The van der Waals surface area contributed by atoms with Crippen LogP contribution in [0.3, 0.4) is 0 Å². The van der Waals surface area contributed by atoms with Crippen LogP contribution in [0.4, 0.5) is 0 Å². The Labute approximate surface area is 158 Å². The summed E-state index contributed by atoms with van der Waals surface area (Å²) < 4.78 is 12.5. The van der Waals surface area contributed by atoms with E-state index < -0.39 is 8.56 Å². The van der Waals surface area contributed by atoms with Gasteiger partial charge in [0.2, 0.25) is 0 Å². The van der Waals surface area contributed by atoms with Crippen molar-refractivity contribution in [2.45, 2.75) is 52.4 Å². The van der Waals surface area contributed by atoms with Crippen molar-refractivity contribution in [3.63, 3.8) is 0 Å². The maximum atomic E-state index is 6.25. The zero-order valence-corrected chi connectivity index (χ0v) is 17.6. The topological polar surface area (TPSA) is 18.5 Å². The van der Waals surface area contributed by atoms with Crippen LogP contribution in [0, 0.1) is 6.92 Å². The summed E-state index contributed by atoms with van der Waals surface area (Å²) in [6, 6.07) is 11.3. The van der Waals surface area contributed by atoms with Gasteiger partial charge >= 0.3 is 31.6 Å². The third-order valence-corrected chi connectivity index (χ3v) is 6.50. The van der Waals surface area contributed by atoms with Crippen molar-refractivity contribution >= 4 is 36.8 Å². The molecule has 5 heteroatoms. The van der Waals surface area contributed by atoms with Crippen molar-refractivity contribution in [3.8, 4) is 0 Å². The Bertz CT molecular complexity index is 337. The van der Waals surface area contributed by atoms with Crippen LogP contribution in [0.1, 0.15) is 34.1 Å². The summed E-state index contributed by atoms with van der Waals surface area (Å²) in [5, 5.41) is 1.20. The maximum absolute atomic E-state index is 6.25. The first-order valence-corrected chi connectivity index (χ1v) is 8.73. The molecule has 0 unspecified atom stereocenters. The van der Waals surface area contributed by atoms with Crippen LogP contribution in [0.15, 0.2) is 30.3 Å². The number of hydrogen-bond donors (Lipinski definition) is 0. The van der Waals surface area contributed by atoms with Crippen molar-refractivity contribution in [1.29, 1.82) is 0 Å². The second kappa shape index (κ2) is 11.4. The van der Waals surface area contributed by atoms with E-state index in [0.717, 1.165) is 12.5 Å². The first-order valence-electron chi connectivity index (χ1n) is 6.70. The molecule has 0 bridgehead atoms. The number of benzene rings is 1. The molecule has 20 heavy (non-hydrogen) atoms. The first-order chi connectivity index (χ1) is 8.50. The van der Waals surface area contributed by atoms with Gasteiger partial charge in [-0.15, -0.1) is 0 Å². The normalized spacial score (nSPS) is 11.2. The minimum atomic E-state index is -2.36. The molecule has 1 aromatic carbocycles. The van der Waals surface area contributed by atoms with E-state index in [1.54, 1.807) is 0 Å². The van der Waals surface area contributed by atoms with Crippen molar-refractivity contribution < 1.29 is 32.8 Å². The maximum Gasteiger partial charge on any atom is 2.00 e. The second-order valence-electron chi connectivity index (χ2n) is 5.06. The molecule has 0 spiro atoms. The van der Waals surface area contributed by atoms with Crippen molar-refractivity contribution in [3.05, 3.63) is 37.3 Å². The van der Waals surface area contributed by atoms with E-state index in [4.69, 9.17) is 8.85 Å². The Morgan fingerprint density at radius 3 is 1.80 bits per heavy atom. The Morgan fingerprint density at radius 1 is 1.00 bits per heavy atom. The summed E-state index contributed by atoms with van der Waals surface area (Å²) in [6.45, 7) is 12.3. The Kier molecular flexibility index (Phi) is 13.2. The van der Waals surface area contributed by atoms with E-state index in [1.807, 2.05) is 18.2 Å². The monoisotopic (exact) mass is 416 g/mol. The molecule has 0 fully saturated rings. The van der Waals surface area contributed by atoms with Crippen LogP contribution in [0.5, 0.6) is 0 Å². The van der Waals surface area contributed by atoms with E-state index in [1.165, 1.54) is 5.19 Å². The molecule has 0 radical (unpaired) electrons. The van der Waals surface area contributed by atoms with Crippen LogP contribution < -0.4 is 29.2 Å². The first kappa shape index (κ1) is 23.1. The van der Waals surface area contributed by atoms with Gasteiger partial charge in [0.1, 0.15) is 0 Å². The quantitative estimate of drug-likeness (QED) is 0.355. The van der Waals surface area contributed by atoms with Crippen LogP contribution in [0.2, 0.25) is 6.04 Å². The third kappa shape index (κ3) is 7.22.